The van der Waals surface area contributed by atoms with E-state index in [1.54, 1.807) is 24.3 Å². The Hall–Kier alpha value is -1.66. The summed E-state index contributed by atoms with van der Waals surface area (Å²) in [4.78, 5) is 18.9. The van der Waals surface area contributed by atoms with Gasteiger partial charge in [0.25, 0.3) is 5.56 Å². The predicted octanol–water partition coefficient (Wildman–Crippen LogP) is 2.14. The molecule has 2 aromatic rings. The highest BCUT2D eigenvalue weighted by molar-refractivity contribution is 9.10. The van der Waals surface area contributed by atoms with Crippen LogP contribution in [-0.2, 0) is 0 Å². The first-order valence-electron chi connectivity index (χ1n) is 6.32. The molecule has 0 saturated heterocycles. The highest BCUT2D eigenvalue weighted by atomic mass is 79.9. The molecule has 0 aliphatic heterocycles. The van der Waals surface area contributed by atoms with E-state index in [2.05, 4.69) is 25.9 Å². The van der Waals surface area contributed by atoms with Gasteiger partial charge in [-0.2, -0.15) is 4.98 Å². The van der Waals surface area contributed by atoms with E-state index in [1.807, 2.05) is 0 Å². The summed E-state index contributed by atoms with van der Waals surface area (Å²) in [5, 5.41) is 19.3. The maximum Gasteiger partial charge on any atom is 0.262 e. The summed E-state index contributed by atoms with van der Waals surface area (Å²) in [6.07, 6.45) is 0.804. The van der Waals surface area contributed by atoms with E-state index >= 15 is 0 Å². The highest BCUT2D eigenvalue weighted by Crippen LogP contribution is 2.35. The van der Waals surface area contributed by atoms with Gasteiger partial charge in [-0.1, -0.05) is 28.1 Å². The molecule has 1 fully saturated rings. The van der Waals surface area contributed by atoms with Crippen LogP contribution in [0.15, 0.2) is 33.5 Å². The van der Waals surface area contributed by atoms with Crippen molar-refractivity contribution in [1.82, 2.24) is 9.97 Å². The van der Waals surface area contributed by atoms with E-state index in [9.17, 15) is 15.0 Å². The molecule has 0 bridgehead atoms. The van der Waals surface area contributed by atoms with Crippen LogP contribution in [0.1, 0.15) is 24.6 Å². The molecule has 3 rings (SSSR count). The van der Waals surface area contributed by atoms with Crippen LogP contribution in [0.3, 0.4) is 0 Å². The molecule has 1 aromatic heterocycles. The maximum absolute atomic E-state index is 12.1. The number of aliphatic hydroxyl groups is 1. The van der Waals surface area contributed by atoms with Crippen LogP contribution >= 0.6 is 15.9 Å². The molecular formula is C14H13BrN2O3. The molecule has 1 aliphatic carbocycles. The van der Waals surface area contributed by atoms with Gasteiger partial charge >= 0.3 is 0 Å². The third-order valence-corrected chi connectivity index (χ3v) is 4.08. The Kier molecular flexibility index (Phi) is 3.35. The fourth-order valence-corrected chi connectivity index (χ4v) is 2.62. The summed E-state index contributed by atoms with van der Waals surface area (Å²) in [5.41, 5.74) is 0.414. The van der Waals surface area contributed by atoms with Crippen LogP contribution in [0.4, 0.5) is 0 Å². The van der Waals surface area contributed by atoms with Crippen molar-refractivity contribution in [3.8, 4) is 17.0 Å². The first-order chi connectivity index (χ1) is 9.54. The number of benzene rings is 1. The van der Waals surface area contributed by atoms with E-state index in [-0.39, 0.29) is 29.0 Å². The number of hydrogen-bond donors (Lipinski definition) is 3. The Morgan fingerprint density at radius 2 is 1.90 bits per heavy atom. The number of nitrogens with zero attached hydrogens (tertiary/aromatic N) is 1. The first kappa shape index (κ1) is 13.3. The minimum Gasteiger partial charge on any atom is -0.493 e. The second-order valence-corrected chi connectivity index (χ2v) is 5.89. The second-order valence-electron chi connectivity index (χ2n) is 4.98. The Morgan fingerprint density at radius 1 is 1.25 bits per heavy atom. The number of halogens is 1. The number of H-pyrrole nitrogens is 1. The fraction of sp³-hybridized carbons (Fsp3) is 0.286. The summed E-state index contributed by atoms with van der Waals surface area (Å²) in [5.74, 6) is 0.189. The van der Waals surface area contributed by atoms with E-state index in [0.717, 1.165) is 4.47 Å². The number of hydrogen-bond acceptors (Lipinski definition) is 4. The molecule has 0 atom stereocenters. The normalized spacial score (nSPS) is 21.5. The Balaban J connectivity index is 2.00. The molecule has 20 heavy (non-hydrogen) atoms. The van der Waals surface area contributed by atoms with Gasteiger partial charge in [0.05, 0.1) is 6.10 Å². The molecule has 1 heterocycles. The number of nitrogens with one attached hydrogen (secondary N) is 1. The molecule has 3 N–H and O–H groups in total. The van der Waals surface area contributed by atoms with Gasteiger partial charge in [-0.3, -0.25) is 4.79 Å². The Labute approximate surface area is 123 Å². The van der Waals surface area contributed by atoms with Gasteiger partial charge in [-0.15, -0.1) is 0 Å². The van der Waals surface area contributed by atoms with Crippen molar-refractivity contribution in [3.63, 3.8) is 0 Å². The summed E-state index contributed by atoms with van der Waals surface area (Å²) < 4.78 is 0.894. The third-order valence-electron chi connectivity index (χ3n) is 3.55. The molecule has 6 heteroatoms. The number of aromatic nitrogens is 2. The summed E-state index contributed by atoms with van der Waals surface area (Å²) >= 11 is 3.32. The second kappa shape index (κ2) is 5.03. The molecule has 5 nitrogen and oxygen atoms in total. The Bertz CT molecular complexity index is 691. The molecule has 1 aromatic carbocycles. The van der Waals surface area contributed by atoms with Crippen molar-refractivity contribution in [2.24, 2.45) is 0 Å². The average Bonchev–Trinajstić information content (AvgIpc) is 2.36. The highest BCUT2D eigenvalue weighted by Gasteiger charge is 2.31. The van der Waals surface area contributed by atoms with Gasteiger partial charge in [-0.25, -0.2) is 0 Å². The lowest BCUT2D eigenvalue weighted by Gasteiger charge is -2.30. The average molecular weight is 337 g/mol. The lowest BCUT2D eigenvalue weighted by molar-refractivity contribution is 0.0713. The van der Waals surface area contributed by atoms with Gasteiger partial charge in [0.1, 0.15) is 11.4 Å². The number of aromatic hydroxyl groups is 1. The van der Waals surface area contributed by atoms with Gasteiger partial charge < -0.3 is 15.2 Å². The molecule has 0 unspecified atom stereocenters. The first-order valence-corrected chi connectivity index (χ1v) is 7.11. The standard InChI is InChI=1S/C14H13BrN2O3/c15-9-3-1-7(2-4-9)11-13(19)16-12(17-14(11)20)8-5-10(18)6-8/h1-4,8,10,18H,5-6H2,(H2,16,17,19,20). The lowest BCUT2D eigenvalue weighted by atomic mass is 9.82. The monoisotopic (exact) mass is 336 g/mol. The summed E-state index contributed by atoms with van der Waals surface area (Å²) in [6, 6.07) is 7.07. The van der Waals surface area contributed by atoms with Crippen molar-refractivity contribution >= 4 is 15.9 Å². The molecule has 104 valence electrons. The summed E-state index contributed by atoms with van der Waals surface area (Å²) in [7, 11) is 0. The van der Waals surface area contributed by atoms with E-state index in [0.29, 0.717) is 24.2 Å². The molecule has 1 aliphatic rings. The van der Waals surface area contributed by atoms with Crippen molar-refractivity contribution in [3.05, 3.63) is 44.9 Å². The van der Waals surface area contributed by atoms with Crippen LogP contribution in [-0.4, -0.2) is 26.3 Å². The number of rotatable bonds is 2. The van der Waals surface area contributed by atoms with Crippen LogP contribution in [0.25, 0.3) is 11.1 Å². The number of aromatic amines is 1. The quantitative estimate of drug-likeness (QED) is 0.784. The van der Waals surface area contributed by atoms with Crippen molar-refractivity contribution in [2.45, 2.75) is 24.9 Å². The van der Waals surface area contributed by atoms with Crippen molar-refractivity contribution in [1.29, 1.82) is 0 Å². The minimum atomic E-state index is -0.365. The van der Waals surface area contributed by atoms with Gasteiger partial charge in [0.15, 0.2) is 0 Å². The van der Waals surface area contributed by atoms with Crippen LogP contribution in [0.2, 0.25) is 0 Å². The molecule has 0 radical (unpaired) electrons. The maximum atomic E-state index is 12.1. The van der Waals surface area contributed by atoms with E-state index < -0.39 is 0 Å². The van der Waals surface area contributed by atoms with Crippen LogP contribution in [0.5, 0.6) is 5.88 Å². The largest absolute Gasteiger partial charge is 0.493 e. The van der Waals surface area contributed by atoms with Crippen LogP contribution in [0, 0.1) is 0 Å². The van der Waals surface area contributed by atoms with Gasteiger partial charge in [0.2, 0.25) is 5.88 Å². The van der Waals surface area contributed by atoms with E-state index in [4.69, 9.17) is 0 Å². The molecule has 1 saturated carbocycles. The zero-order valence-electron chi connectivity index (χ0n) is 10.5. The van der Waals surface area contributed by atoms with Crippen molar-refractivity contribution < 1.29 is 10.2 Å². The minimum absolute atomic E-state index is 0.0163. The number of aliphatic hydroxyl groups excluding tert-OH is 1. The van der Waals surface area contributed by atoms with Crippen LogP contribution < -0.4 is 5.56 Å². The van der Waals surface area contributed by atoms with E-state index in [1.165, 1.54) is 0 Å². The lowest BCUT2D eigenvalue weighted by Crippen LogP contribution is -2.29. The topological polar surface area (TPSA) is 86.2 Å². The van der Waals surface area contributed by atoms with Gasteiger partial charge in [-0.05, 0) is 30.5 Å². The molecular weight excluding hydrogens is 324 g/mol. The fourth-order valence-electron chi connectivity index (χ4n) is 2.36. The zero-order chi connectivity index (χ0) is 14.3. The summed E-state index contributed by atoms with van der Waals surface area (Å²) in [6.45, 7) is 0. The smallest absolute Gasteiger partial charge is 0.262 e. The van der Waals surface area contributed by atoms with Crippen molar-refractivity contribution in [2.75, 3.05) is 0 Å². The third kappa shape index (κ3) is 2.36. The molecule has 0 amide bonds. The zero-order valence-corrected chi connectivity index (χ0v) is 12.1. The van der Waals surface area contributed by atoms with Gasteiger partial charge in [0, 0.05) is 10.4 Å². The Morgan fingerprint density at radius 3 is 2.45 bits per heavy atom. The molecule has 0 spiro atoms. The SMILES string of the molecule is O=c1[nH]c(C2CC(O)C2)nc(O)c1-c1ccc(Br)cc1. The predicted molar refractivity (Wildman–Crippen MR) is 77.6 cm³/mol.